The molecule has 0 bridgehead atoms. The zero-order chi connectivity index (χ0) is 31.6. The lowest BCUT2D eigenvalue weighted by atomic mass is 9.34. The van der Waals surface area contributed by atoms with Gasteiger partial charge in [-0.05, 0) is 74.3 Å². The standard InChI is InChI=1S/C45H39BO/c1-47-43-22-12-11-21-42(43)44(35-16-3-2-4-17-35)45(39-24-23-32-13-5-8-18-36(32)29-39)46(40-27-25-33-14-6-9-19-37(33)30-40)41-28-26-34-15-7-10-20-38(34)31-41/h5-15,18-31,35H,2-4,16-17H2,1H3/b45-44-. The predicted molar refractivity (Wildman–Crippen MR) is 203 cm³/mol. The summed E-state index contributed by atoms with van der Waals surface area (Å²) in [5.74, 6) is 1.38. The smallest absolute Gasteiger partial charge is 0.242 e. The molecule has 7 aromatic carbocycles. The first kappa shape index (κ1) is 29.3. The van der Waals surface area contributed by atoms with Crippen molar-refractivity contribution < 1.29 is 4.74 Å². The predicted octanol–water partition coefficient (Wildman–Crippen LogP) is 10.5. The Kier molecular flexibility index (Phi) is 8.09. The van der Waals surface area contributed by atoms with Gasteiger partial charge in [0.15, 0.2) is 0 Å². The van der Waals surface area contributed by atoms with E-state index in [0.29, 0.717) is 5.92 Å². The maximum absolute atomic E-state index is 6.15. The van der Waals surface area contributed by atoms with Gasteiger partial charge in [0.25, 0.3) is 0 Å². The first-order valence-corrected chi connectivity index (χ1v) is 17.1. The summed E-state index contributed by atoms with van der Waals surface area (Å²) in [4.78, 5) is 0. The monoisotopic (exact) mass is 606 g/mol. The van der Waals surface area contributed by atoms with Crippen molar-refractivity contribution in [1.82, 2.24) is 0 Å². The van der Waals surface area contributed by atoms with Gasteiger partial charge in [-0.3, -0.25) is 0 Å². The molecule has 0 radical (unpaired) electrons. The summed E-state index contributed by atoms with van der Waals surface area (Å²) in [6, 6.07) is 56.3. The lowest BCUT2D eigenvalue weighted by Crippen LogP contribution is -2.44. The molecule has 228 valence electrons. The van der Waals surface area contributed by atoms with Crippen LogP contribution >= 0.6 is 0 Å². The van der Waals surface area contributed by atoms with Gasteiger partial charge in [-0.2, -0.15) is 0 Å². The fourth-order valence-electron chi connectivity index (χ4n) is 7.98. The maximum Gasteiger partial charge on any atom is 0.242 e. The number of hydrogen-bond acceptors (Lipinski definition) is 1. The highest BCUT2D eigenvalue weighted by Crippen LogP contribution is 2.44. The van der Waals surface area contributed by atoms with E-state index in [1.807, 2.05) is 7.11 Å². The van der Waals surface area contributed by atoms with Gasteiger partial charge in [-0.25, -0.2) is 0 Å². The zero-order valence-corrected chi connectivity index (χ0v) is 27.0. The Morgan fingerprint density at radius 2 is 1.00 bits per heavy atom. The van der Waals surface area contributed by atoms with E-state index in [-0.39, 0.29) is 6.71 Å². The molecule has 0 amide bonds. The van der Waals surface area contributed by atoms with Gasteiger partial charge in [0.1, 0.15) is 5.75 Å². The van der Waals surface area contributed by atoms with Crippen LogP contribution in [0.5, 0.6) is 5.75 Å². The average Bonchev–Trinajstić information content (AvgIpc) is 3.15. The topological polar surface area (TPSA) is 9.23 Å². The molecule has 8 rings (SSSR count). The largest absolute Gasteiger partial charge is 0.496 e. The Labute approximate surface area is 278 Å². The number of ether oxygens (including phenoxy) is 1. The van der Waals surface area contributed by atoms with Crippen LogP contribution in [0.25, 0.3) is 43.4 Å². The molecule has 0 aromatic heterocycles. The molecular weight excluding hydrogens is 567 g/mol. The van der Waals surface area contributed by atoms with Gasteiger partial charge < -0.3 is 4.74 Å². The Balaban J connectivity index is 1.51. The minimum absolute atomic E-state index is 0.00668. The molecule has 0 heterocycles. The highest BCUT2D eigenvalue weighted by Gasteiger charge is 2.33. The normalized spacial score (nSPS) is 14.3. The Bertz CT molecular complexity index is 2160. The Morgan fingerprint density at radius 1 is 0.511 bits per heavy atom. The third kappa shape index (κ3) is 5.74. The summed E-state index contributed by atoms with van der Waals surface area (Å²) in [6.07, 6.45) is 6.19. The van der Waals surface area contributed by atoms with Crippen molar-refractivity contribution in [1.29, 1.82) is 0 Å². The molecule has 1 saturated carbocycles. The maximum atomic E-state index is 6.15. The van der Waals surface area contributed by atoms with E-state index < -0.39 is 0 Å². The number of methoxy groups -OCH3 is 1. The van der Waals surface area contributed by atoms with Gasteiger partial charge in [-0.15, -0.1) is 0 Å². The summed E-state index contributed by atoms with van der Waals surface area (Å²) in [7, 11) is 1.82. The van der Waals surface area contributed by atoms with Crippen molar-refractivity contribution in [3.8, 4) is 5.75 Å². The van der Waals surface area contributed by atoms with Crippen LogP contribution in [0.1, 0.15) is 43.2 Å². The number of allylic oxidation sites excluding steroid dienone is 1. The second kappa shape index (κ2) is 13.0. The zero-order valence-electron chi connectivity index (χ0n) is 27.0. The van der Waals surface area contributed by atoms with Crippen LogP contribution in [-0.4, -0.2) is 13.8 Å². The molecule has 1 aliphatic rings. The van der Waals surface area contributed by atoms with Gasteiger partial charge in [0.2, 0.25) is 6.71 Å². The van der Waals surface area contributed by atoms with Crippen molar-refractivity contribution in [3.63, 3.8) is 0 Å². The molecule has 0 unspecified atom stereocenters. The highest BCUT2D eigenvalue weighted by atomic mass is 16.5. The van der Waals surface area contributed by atoms with E-state index >= 15 is 0 Å². The molecule has 7 aromatic rings. The summed E-state index contributed by atoms with van der Waals surface area (Å²) in [6.45, 7) is 0.00668. The van der Waals surface area contributed by atoms with Crippen molar-refractivity contribution in [3.05, 3.63) is 163 Å². The fraction of sp³-hybridized carbons (Fsp3) is 0.156. The van der Waals surface area contributed by atoms with Crippen molar-refractivity contribution in [2.75, 3.05) is 7.11 Å². The number of benzene rings is 7. The second-order valence-electron chi connectivity index (χ2n) is 13.1. The van der Waals surface area contributed by atoms with Crippen molar-refractivity contribution >= 4 is 61.0 Å². The summed E-state index contributed by atoms with van der Waals surface area (Å²) < 4.78 is 6.15. The van der Waals surface area contributed by atoms with E-state index in [1.54, 1.807) is 0 Å². The van der Waals surface area contributed by atoms with Crippen LogP contribution in [-0.2, 0) is 0 Å². The quantitative estimate of drug-likeness (QED) is 0.130. The second-order valence-corrected chi connectivity index (χ2v) is 13.1. The molecule has 47 heavy (non-hydrogen) atoms. The first-order chi connectivity index (χ1) is 23.3. The molecule has 1 nitrogen and oxygen atoms in total. The molecule has 0 atom stereocenters. The number of fused-ring (bicyclic) bond motifs is 3. The molecule has 2 heteroatoms. The summed E-state index contributed by atoms with van der Waals surface area (Å²) in [5, 5.41) is 7.60. The third-order valence-electron chi connectivity index (χ3n) is 10.3. The lowest BCUT2D eigenvalue weighted by molar-refractivity contribution is 0.407. The summed E-state index contributed by atoms with van der Waals surface area (Å²) >= 11 is 0. The molecule has 0 spiro atoms. The Morgan fingerprint density at radius 3 is 1.57 bits per heavy atom. The molecule has 0 N–H and O–H groups in total. The minimum atomic E-state index is 0.00668. The number of rotatable bonds is 7. The van der Waals surface area contributed by atoms with Crippen molar-refractivity contribution in [2.24, 2.45) is 5.92 Å². The minimum Gasteiger partial charge on any atom is -0.496 e. The number of para-hydroxylation sites is 1. The van der Waals surface area contributed by atoms with Gasteiger partial charge in [-0.1, -0.05) is 175 Å². The van der Waals surface area contributed by atoms with Crippen molar-refractivity contribution in [2.45, 2.75) is 32.1 Å². The fourth-order valence-corrected chi connectivity index (χ4v) is 7.98. The SMILES string of the molecule is COc1ccccc1/C(=C(\B(c1ccc2ccccc2c1)c1ccc2ccccc2c1)c1ccc2ccccc2c1)C1CCCCC1. The first-order valence-electron chi connectivity index (χ1n) is 17.1. The third-order valence-corrected chi connectivity index (χ3v) is 10.3. The van der Waals surface area contributed by atoms with Crippen LogP contribution in [0, 0.1) is 5.92 Å². The van der Waals surface area contributed by atoms with Gasteiger partial charge in [0.05, 0.1) is 7.11 Å². The van der Waals surface area contributed by atoms with Crippen LogP contribution < -0.4 is 15.7 Å². The number of hydrogen-bond donors (Lipinski definition) is 0. The molecule has 0 aliphatic heterocycles. The van der Waals surface area contributed by atoms with Crippen LogP contribution in [0.15, 0.2) is 152 Å². The van der Waals surface area contributed by atoms with Gasteiger partial charge in [0, 0.05) is 5.56 Å². The molecule has 1 fully saturated rings. The molecule has 0 saturated heterocycles. The van der Waals surface area contributed by atoms with Crippen LogP contribution in [0.3, 0.4) is 0 Å². The lowest BCUT2D eigenvalue weighted by Gasteiger charge is -2.32. The van der Waals surface area contributed by atoms with E-state index in [4.69, 9.17) is 4.74 Å². The highest BCUT2D eigenvalue weighted by molar-refractivity contribution is 7.01. The van der Waals surface area contributed by atoms with E-state index in [1.165, 1.54) is 97.5 Å². The molecule has 1 aliphatic carbocycles. The van der Waals surface area contributed by atoms with E-state index in [9.17, 15) is 0 Å². The average molecular weight is 607 g/mol. The summed E-state index contributed by atoms with van der Waals surface area (Å²) in [5.41, 5.74) is 7.94. The Hall–Kier alpha value is -5.08. The van der Waals surface area contributed by atoms with Crippen LogP contribution in [0.4, 0.5) is 0 Å². The van der Waals surface area contributed by atoms with Gasteiger partial charge >= 0.3 is 0 Å². The molecular formula is C45H39BO. The van der Waals surface area contributed by atoms with Crippen LogP contribution in [0.2, 0.25) is 0 Å². The van der Waals surface area contributed by atoms with E-state index in [2.05, 4.69) is 152 Å². The van der Waals surface area contributed by atoms with E-state index in [0.717, 1.165) is 5.75 Å².